The Morgan fingerprint density at radius 2 is 2.71 bits per heavy atom. The largest absolute Gasteiger partial charge is 0.356 e. The molecule has 0 atom stereocenters. The molecular formula is C3HN3O. The van der Waals surface area contributed by atoms with E-state index in [0.717, 1.165) is 0 Å². The van der Waals surface area contributed by atoms with Crippen LogP contribution in [0.3, 0.4) is 0 Å². The van der Waals surface area contributed by atoms with Gasteiger partial charge in [-0.3, -0.25) is 0 Å². The van der Waals surface area contributed by atoms with E-state index < -0.39 is 0 Å². The van der Waals surface area contributed by atoms with Crippen molar-refractivity contribution in [3.63, 3.8) is 0 Å². The molecule has 0 radical (unpaired) electrons. The molecule has 1 aromatic rings. The van der Waals surface area contributed by atoms with Crippen LogP contribution in [0.5, 0.6) is 0 Å². The van der Waals surface area contributed by atoms with E-state index in [1.54, 1.807) is 0 Å². The maximum absolute atomic E-state index is 6.32. The maximum atomic E-state index is 6.32. The van der Waals surface area contributed by atoms with Gasteiger partial charge in [0.15, 0.2) is 6.26 Å². The van der Waals surface area contributed by atoms with E-state index in [0.29, 0.717) is 0 Å². The Kier molecular flexibility index (Phi) is 0.755. The van der Waals surface area contributed by atoms with Crippen LogP contribution in [-0.2, 0) is 0 Å². The van der Waals surface area contributed by atoms with Gasteiger partial charge in [0.25, 0.3) is 0 Å². The predicted octanol–water partition coefficient (Wildman–Crippen LogP) is 0.620. The van der Waals surface area contributed by atoms with Gasteiger partial charge in [-0.05, 0) is 0 Å². The Morgan fingerprint density at radius 3 is 3.00 bits per heavy atom. The van der Waals surface area contributed by atoms with Crippen LogP contribution in [0.2, 0.25) is 0 Å². The molecule has 0 aliphatic rings. The minimum atomic E-state index is 0.194. The van der Waals surface area contributed by atoms with Crippen LogP contribution in [0, 0.1) is 6.57 Å². The topological polar surface area (TPSA) is 43.3 Å². The highest BCUT2D eigenvalue weighted by atomic mass is 16.5. The molecule has 0 amide bonds. The number of nitrogens with zero attached hydrogens (tertiary/aromatic N) is 3. The lowest BCUT2D eigenvalue weighted by atomic mass is 10.8. The van der Waals surface area contributed by atoms with E-state index in [-0.39, 0.29) is 5.82 Å². The Hall–Kier alpha value is -1.37. The molecule has 0 fully saturated rings. The first-order valence-corrected chi connectivity index (χ1v) is 1.58. The molecule has 0 saturated carbocycles. The number of hydrogen-bond donors (Lipinski definition) is 0. The molecule has 34 valence electrons. The van der Waals surface area contributed by atoms with E-state index in [1.807, 2.05) is 0 Å². The molecule has 7 heavy (non-hydrogen) atoms. The molecule has 1 heterocycles. The van der Waals surface area contributed by atoms with Crippen molar-refractivity contribution in [1.82, 2.24) is 10.4 Å². The SMILES string of the molecule is [C-]#[N+]c1conn1. The molecule has 0 unspecified atom stereocenters. The first-order valence-electron chi connectivity index (χ1n) is 1.58. The lowest BCUT2D eigenvalue weighted by Crippen LogP contribution is -1.57. The van der Waals surface area contributed by atoms with E-state index in [4.69, 9.17) is 6.57 Å². The van der Waals surface area contributed by atoms with Crippen molar-refractivity contribution in [1.29, 1.82) is 0 Å². The van der Waals surface area contributed by atoms with Crippen molar-refractivity contribution >= 4 is 5.82 Å². The summed E-state index contributed by atoms with van der Waals surface area (Å²) in [5.74, 6) is 0.194. The molecule has 4 heteroatoms. The molecule has 0 spiro atoms. The zero-order chi connectivity index (χ0) is 5.11. The van der Waals surface area contributed by atoms with Gasteiger partial charge in [-0.25, -0.2) is 0 Å². The zero-order valence-electron chi connectivity index (χ0n) is 3.33. The van der Waals surface area contributed by atoms with Gasteiger partial charge in [0.05, 0.1) is 0 Å². The van der Waals surface area contributed by atoms with Gasteiger partial charge in [-0.2, -0.15) is 0 Å². The average molecular weight is 95.1 g/mol. The number of aromatic nitrogens is 2. The van der Waals surface area contributed by atoms with E-state index in [2.05, 4.69) is 19.7 Å². The number of rotatable bonds is 0. The Balaban J connectivity index is 3.04. The van der Waals surface area contributed by atoms with Crippen molar-refractivity contribution in [2.24, 2.45) is 0 Å². The van der Waals surface area contributed by atoms with Crippen LogP contribution in [0.15, 0.2) is 10.8 Å². The summed E-state index contributed by atoms with van der Waals surface area (Å²) in [7, 11) is 0. The highest BCUT2D eigenvalue weighted by molar-refractivity contribution is 5.27. The highest BCUT2D eigenvalue weighted by Crippen LogP contribution is 2.00. The third-order valence-electron chi connectivity index (χ3n) is 0.463. The summed E-state index contributed by atoms with van der Waals surface area (Å²) >= 11 is 0. The lowest BCUT2D eigenvalue weighted by molar-refractivity contribution is 0.393. The van der Waals surface area contributed by atoms with Gasteiger partial charge in [0.1, 0.15) is 5.27 Å². The minimum Gasteiger partial charge on any atom is -0.356 e. The van der Waals surface area contributed by atoms with E-state index >= 15 is 0 Å². The Morgan fingerprint density at radius 1 is 1.86 bits per heavy atom. The second-order valence-electron chi connectivity index (χ2n) is 0.875. The van der Waals surface area contributed by atoms with E-state index in [9.17, 15) is 0 Å². The van der Waals surface area contributed by atoms with Gasteiger partial charge >= 0.3 is 5.82 Å². The molecule has 0 bridgehead atoms. The first-order chi connectivity index (χ1) is 3.43. The van der Waals surface area contributed by atoms with Gasteiger partial charge in [0.2, 0.25) is 0 Å². The molecule has 4 nitrogen and oxygen atoms in total. The van der Waals surface area contributed by atoms with Crippen LogP contribution in [0.1, 0.15) is 0 Å². The van der Waals surface area contributed by atoms with Gasteiger partial charge in [-0.1, -0.05) is 6.57 Å². The van der Waals surface area contributed by atoms with Gasteiger partial charge < -0.3 is 9.37 Å². The molecule has 1 rings (SSSR count). The third-order valence-corrected chi connectivity index (χ3v) is 0.463. The zero-order valence-corrected chi connectivity index (χ0v) is 3.33. The summed E-state index contributed by atoms with van der Waals surface area (Å²) in [6.07, 6.45) is 1.19. The number of hydrogen-bond acceptors (Lipinski definition) is 3. The monoisotopic (exact) mass is 95.0 g/mol. The molecule has 0 aromatic carbocycles. The molecule has 0 N–H and O–H groups in total. The van der Waals surface area contributed by atoms with Crippen molar-refractivity contribution in [2.75, 3.05) is 0 Å². The summed E-state index contributed by atoms with van der Waals surface area (Å²) in [4.78, 5) is 2.91. The lowest BCUT2D eigenvalue weighted by Gasteiger charge is -1.60. The molecule has 0 aliphatic heterocycles. The van der Waals surface area contributed by atoms with Crippen molar-refractivity contribution in [2.45, 2.75) is 0 Å². The van der Waals surface area contributed by atoms with Gasteiger partial charge in [-0.15, -0.1) is 0 Å². The van der Waals surface area contributed by atoms with Crippen LogP contribution >= 0.6 is 0 Å². The first kappa shape index (κ1) is 3.81. The molecule has 0 saturated heterocycles. The predicted molar refractivity (Wildman–Crippen MR) is 20.6 cm³/mol. The van der Waals surface area contributed by atoms with Gasteiger partial charge in [0, 0.05) is 5.10 Å². The minimum absolute atomic E-state index is 0.194. The van der Waals surface area contributed by atoms with Crippen LogP contribution in [0.4, 0.5) is 5.82 Å². The van der Waals surface area contributed by atoms with E-state index in [1.165, 1.54) is 6.26 Å². The second-order valence-corrected chi connectivity index (χ2v) is 0.875. The van der Waals surface area contributed by atoms with Crippen LogP contribution < -0.4 is 0 Å². The molecule has 1 aromatic heterocycles. The fourth-order valence-electron chi connectivity index (χ4n) is 0.208. The van der Waals surface area contributed by atoms with Crippen LogP contribution in [0.25, 0.3) is 4.85 Å². The van der Waals surface area contributed by atoms with Crippen molar-refractivity contribution < 1.29 is 4.52 Å². The maximum Gasteiger partial charge on any atom is 0.337 e. The van der Waals surface area contributed by atoms with Crippen LogP contribution in [-0.4, -0.2) is 10.4 Å². The highest BCUT2D eigenvalue weighted by Gasteiger charge is 1.90. The quantitative estimate of drug-likeness (QED) is 0.443. The third kappa shape index (κ3) is 0.550. The van der Waals surface area contributed by atoms with Crippen molar-refractivity contribution in [3.05, 3.63) is 17.7 Å². The summed E-state index contributed by atoms with van der Waals surface area (Å²) in [6.45, 7) is 6.32. The molecule has 0 aliphatic carbocycles. The summed E-state index contributed by atoms with van der Waals surface area (Å²) in [5, 5.41) is 6.32. The summed E-state index contributed by atoms with van der Waals surface area (Å²) in [6, 6.07) is 0. The fraction of sp³-hybridized carbons (Fsp3) is 0. The smallest absolute Gasteiger partial charge is 0.337 e. The summed E-state index contributed by atoms with van der Waals surface area (Å²) in [5.41, 5.74) is 0. The van der Waals surface area contributed by atoms with Crippen molar-refractivity contribution in [3.8, 4) is 0 Å². The molecular weight excluding hydrogens is 94.1 g/mol. The Bertz CT molecular complexity index is 173. The normalized spacial score (nSPS) is 7.86. The fourth-order valence-corrected chi connectivity index (χ4v) is 0.208. The Labute approximate surface area is 39.6 Å². The second kappa shape index (κ2) is 1.39. The summed E-state index contributed by atoms with van der Waals surface area (Å²) < 4.78 is 4.23. The standard InChI is InChI=1S/C3HN3O/c1-4-3-2-7-6-5-3/h2H. The average Bonchev–Trinajstić information content (AvgIpc) is 2.14.